The molecule has 1 heterocycles. The Morgan fingerprint density at radius 3 is 2.50 bits per heavy atom. The van der Waals surface area contributed by atoms with Gasteiger partial charge in [-0.2, -0.15) is 0 Å². The van der Waals surface area contributed by atoms with Gasteiger partial charge in [-0.1, -0.05) is 25.0 Å². The summed E-state index contributed by atoms with van der Waals surface area (Å²) < 4.78 is 1.15. The molecule has 3 nitrogen and oxygen atoms in total. The lowest BCUT2D eigenvalue weighted by atomic mass is 10.2. The Balaban J connectivity index is 1.86. The number of carbonyl (C=O) groups excluding carboxylic acids is 1. The quantitative estimate of drug-likeness (QED) is 0.843. The monoisotopic (exact) mass is 358 g/mol. The second kappa shape index (κ2) is 6.97. The Bertz CT molecular complexity index is 401. The number of anilines is 1. The Labute approximate surface area is 122 Å². The maximum atomic E-state index is 12.1. The Morgan fingerprint density at radius 2 is 1.83 bits per heavy atom. The molecule has 1 saturated heterocycles. The minimum atomic E-state index is 0.219. The minimum Gasteiger partial charge on any atom is -0.375 e. The van der Waals surface area contributed by atoms with Gasteiger partial charge in [-0.3, -0.25) is 4.79 Å². The van der Waals surface area contributed by atoms with Crippen molar-refractivity contribution in [3.05, 3.63) is 27.8 Å². The molecular weight excluding hydrogens is 339 g/mol. The first kappa shape index (κ1) is 13.6. The second-order valence-electron chi connectivity index (χ2n) is 4.63. The van der Waals surface area contributed by atoms with E-state index in [1.165, 1.54) is 12.8 Å². The molecule has 0 atom stereocenters. The predicted octanol–water partition coefficient (Wildman–Crippen LogP) is 3.11. The summed E-state index contributed by atoms with van der Waals surface area (Å²) in [6, 6.07) is 8.04. The van der Waals surface area contributed by atoms with E-state index in [4.69, 9.17) is 0 Å². The van der Waals surface area contributed by atoms with Crippen LogP contribution in [0, 0.1) is 3.57 Å². The smallest absolute Gasteiger partial charge is 0.241 e. The van der Waals surface area contributed by atoms with Crippen LogP contribution in [0.3, 0.4) is 0 Å². The molecule has 0 saturated carbocycles. The third-order valence-corrected chi connectivity index (χ3v) is 4.20. The molecule has 1 aliphatic rings. The van der Waals surface area contributed by atoms with Crippen LogP contribution in [-0.2, 0) is 4.79 Å². The van der Waals surface area contributed by atoms with Crippen molar-refractivity contribution >= 4 is 34.2 Å². The number of hydrogen-bond acceptors (Lipinski definition) is 2. The molecule has 0 aliphatic carbocycles. The van der Waals surface area contributed by atoms with Crippen molar-refractivity contribution in [2.75, 3.05) is 25.0 Å². The average Bonchev–Trinajstić information content (AvgIpc) is 2.66. The van der Waals surface area contributed by atoms with E-state index in [0.29, 0.717) is 6.54 Å². The molecule has 98 valence electrons. The van der Waals surface area contributed by atoms with Gasteiger partial charge in [0.25, 0.3) is 0 Å². The van der Waals surface area contributed by atoms with Crippen LogP contribution in [0.4, 0.5) is 5.69 Å². The fraction of sp³-hybridized carbons (Fsp3) is 0.500. The van der Waals surface area contributed by atoms with Crippen molar-refractivity contribution in [3.63, 3.8) is 0 Å². The van der Waals surface area contributed by atoms with Gasteiger partial charge < -0.3 is 10.2 Å². The summed E-state index contributed by atoms with van der Waals surface area (Å²) in [7, 11) is 0. The zero-order chi connectivity index (χ0) is 12.8. The van der Waals surface area contributed by atoms with E-state index in [1.807, 2.05) is 29.2 Å². The Kier molecular flexibility index (Phi) is 5.28. The maximum Gasteiger partial charge on any atom is 0.241 e. The summed E-state index contributed by atoms with van der Waals surface area (Å²) in [4.78, 5) is 14.1. The van der Waals surface area contributed by atoms with Gasteiger partial charge in [-0.25, -0.2) is 0 Å². The Morgan fingerprint density at radius 1 is 1.17 bits per heavy atom. The summed E-state index contributed by atoms with van der Waals surface area (Å²) in [5.41, 5.74) is 1.04. The first-order valence-corrected chi connectivity index (χ1v) is 7.61. The van der Waals surface area contributed by atoms with E-state index in [0.717, 1.165) is 35.2 Å². The van der Waals surface area contributed by atoms with Crippen LogP contribution < -0.4 is 5.32 Å². The van der Waals surface area contributed by atoms with Gasteiger partial charge >= 0.3 is 0 Å². The van der Waals surface area contributed by atoms with Crippen LogP contribution >= 0.6 is 22.6 Å². The van der Waals surface area contributed by atoms with E-state index >= 15 is 0 Å². The fourth-order valence-corrected chi connectivity index (χ4v) is 2.79. The maximum absolute atomic E-state index is 12.1. The molecule has 2 rings (SSSR count). The number of hydrogen-bond donors (Lipinski definition) is 1. The number of rotatable bonds is 3. The van der Waals surface area contributed by atoms with Crippen molar-refractivity contribution in [2.45, 2.75) is 25.7 Å². The fourth-order valence-electron chi connectivity index (χ4n) is 2.21. The van der Waals surface area contributed by atoms with E-state index in [1.54, 1.807) is 0 Å². The molecular formula is C14H19IN2O. The molecule has 18 heavy (non-hydrogen) atoms. The molecule has 1 aromatic rings. The molecule has 0 aromatic heterocycles. The highest BCUT2D eigenvalue weighted by atomic mass is 127. The van der Waals surface area contributed by atoms with Crippen LogP contribution in [0.15, 0.2) is 24.3 Å². The zero-order valence-electron chi connectivity index (χ0n) is 10.5. The highest BCUT2D eigenvalue weighted by Gasteiger charge is 2.15. The van der Waals surface area contributed by atoms with Gasteiger partial charge in [0.15, 0.2) is 0 Å². The lowest BCUT2D eigenvalue weighted by Crippen LogP contribution is -2.36. The normalized spacial score (nSPS) is 16.2. The molecule has 1 aromatic carbocycles. The van der Waals surface area contributed by atoms with Crippen LogP contribution in [-0.4, -0.2) is 30.4 Å². The standard InChI is InChI=1S/C14H19IN2O/c15-12-7-3-4-8-13(12)16-11-14(18)17-9-5-1-2-6-10-17/h3-4,7-8,16H,1-2,5-6,9-11H2. The van der Waals surface area contributed by atoms with Crippen molar-refractivity contribution in [1.29, 1.82) is 0 Å². The molecule has 1 aliphatic heterocycles. The van der Waals surface area contributed by atoms with Gasteiger partial charge in [0, 0.05) is 22.3 Å². The van der Waals surface area contributed by atoms with E-state index in [9.17, 15) is 4.79 Å². The zero-order valence-corrected chi connectivity index (χ0v) is 12.7. The van der Waals surface area contributed by atoms with Crippen LogP contribution in [0.5, 0.6) is 0 Å². The summed E-state index contributed by atoms with van der Waals surface area (Å²) in [6.07, 6.45) is 4.81. The molecule has 0 radical (unpaired) electrons. The van der Waals surface area contributed by atoms with Gasteiger partial charge in [0.1, 0.15) is 0 Å². The van der Waals surface area contributed by atoms with Gasteiger partial charge in [0.05, 0.1) is 6.54 Å². The molecule has 0 bridgehead atoms. The highest BCUT2D eigenvalue weighted by molar-refractivity contribution is 14.1. The molecule has 1 amide bonds. The second-order valence-corrected chi connectivity index (χ2v) is 5.79. The summed E-state index contributed by atoms with van der Waals surface area (Å²) in [6.45, 7) is 2.25. The van der Waals surface area contributed by atoms with Gasteiger partial charge in [0.2, 0.25) is 5.91 Å². The minimum absolute atomic E-state index is 0.219. The molecule has 4 heteroatoms. The van der Waals surface area contributed by atoms with E-state index in [2.05, 4.69) is 27.9 Å². The SMILES string of the molecule is O=C(CNc1ccccc1I)N1CCCCCC1. The van der Waals surface area contributed by atoms with Crippen LogP contribution in [0.1, 0.15) is 25.7 Å². The number of nitrogens with one attached hydrogen (secondary N) is 1. The molecule has 0 spiro atoms. The third kappa shape index (κ3) is 3.86. The Hall–Kier alpha value is -0.780. The number of para-hydroxylation sites is 1. The molecule has 1 fully saturated rings. The number of carbonyl (C=O) groups is 1. The van der Waals surface area contributed by atoms with Crippen molar-refractivity contribution in [2.24, 2.45) is 0 Å². The number of benzene rings is 1. The summed E-state index contributed by atoms with van der Waals surface area (Å²) in [5, 5.41) is 3.23. The van der Waals surface area contributed by atoms with Gasteiger partial charge in [-0.05, 0) is 47.6 Å². The van der Waals surface area contributed by atoms with E-state index < -0.39 is 0 Å². The first-order valence-electron chi connectivity index (χ1n) is 6.53. The van der Waals surface area contributed by atoms with Gasteiger partial charge in [-0.15, -0.1) is 0 Å². The number of likely N-dealkylation sites (tertiary alicyclic amines) is 1. The molecule has 1 N–H and O–H groups in total. The van der Waals surface area contributed by atoms with Crippen LogP contribution in [0.25, 0.3) is 0 Å². The summed E-state index contributed by atoms with van der Waals surface area (Å²) >= 11 is 2.28. The summed E-state index contributed by atoms with van der Waals surface area (Å²) in [5.74, 6) is 0.219. The lowest BCUT2D eigenvalue weighted by Gasteiger charge is -2.20. The number of nitrogens with zero attached hydrogens (tertiary/aromatic N) is 1. The first-order chi connectivity index (χ1) is 8.77. The number of halogens is 1. The topological polar surface area (TPSA) is 32.3 Å². The van der Waals surface area contributed by atoms with Crippen molar-refractivity contribution in [3.8, 4) is 0 Å². The third-order valence-electron chi connectivity index (χ3n) is 3.26. The highest BCUT2D eigenvalue weighted by Crippen LogP contribution is 2.17. The lowest BCUT2D eigenvalue weighted by molar-refractivity contribution is -0.129. The van der Waals surface area contributed by atoms with Crippen LogP contribution in [0.2, 0.25) is 0 Å². The molecule has 0 unspecified atom stereocenters. The van der Waals surface area contributed by atoms with Crippen molar-refractivity contribution in [1.82, 2.24) is 4.90 Å². The van der Waals surface area contributed by atoms with E-state index in [-0.39, 0.29) is 5.91 Å². The average molecular weight is 358 g/mol. The predicted molar refractivity (Wildman–Crippen MR) is 82.7 cm³/mol. The van der Waals surface area contributed by atoms with Crippen molar-refractivity contribution < 1.29 is 4.79 Å². The number of amides is 1. The largest absolute Gasteiger partial charge is 0.375 e.